The fraction of sp³-hybridized carbons (Fsp3) is 0.387. The van der Waals surface area contributed by atoms with Gasteiger partial charge in [0.15, 0.2) is 5.69 Å². The monoisotopic (exact) mass is 523 g/mol. The molecule has 2 aliphatic rings. The lowest BCUT2D eigenvalue weighted by molar-refractivity contribution is 0.102. The Bertz CT molecular complexity index is 1420. The van der Waals surface area contributed by atoms with Crippen LogP contribution in [0.4, 0.5) is 5.69 Å². The van der Waals surface area contributed by atoms with E-state index in [-0.39, 0.29) is 5.91 Å². The molecule has 0 radical (unpaired) electrons. The second-order valence-corrected chi connectivity index (χ2v) is 11.0. The number of carbonyl (C=O) groups is 1. The van der Waals surface area contributed by atoms with Gasteiger partial charge < -0.3 is 10.2 Å². The SMILES string of the molecule is CN1CCN(Cc2cncc(-c3ccc4[nH]nc(C(=O)Nc5ccc(CN6CCCCC6)cc5)c4c3)c2)CC1. The van der Waals surface area contributed by atoms with E-state index in [0.29, 0.717) is 5.69 Å². The minimum atomic E-state index is -0.218. The van der Waals surface area contributed by atoms with Crippen LogP contribution in [-0.4, -0.2) is 82.1 Å². The Labute approximate surface area is 230 Å². The number of aromatic amines is 1. The first-order chi connectivity index (χ1) is 19.1. The van der Waals surface area contributed by atoms with Crippen molar-refractivity contribution < 1.29 is 4.79 Å². The standard InChI is InChI=1S/C31H37N7O/c1-36-13-15-38(16-14-36)22-24-17-26(20-32-19-24)25-7-10-29-28(18-25)30(35-34-29)31(39)33-27-8-5-23(6-9-27)21-37-11-3-2-4-12-37/h5-10,17-20H,2-4,11-16,21-22H2,1H3,(H,33,39)(H,34,35). The number of nitrogens with zero attached hydrogens (tertiary/aromatic N) is 5. The van der Waals surface area contributed by atoms with Gasteiger partial charge in [0, 0.05) is 68.3 Å². The number of carbonyl (C=O) groups excluding carboxylic acids is 1. The van der Waals surface area contributed by atoms with Gasteiger partial charge in [0.2, 0.25) is 0 Å². The Morgan fingerprint density at radius 2 is 1.56 bits per heavy atom. The lowest BCUT2D eigenvalue weighted by Crippen LogP contribution is -2.43. The summed E-state index contributed by atoms with van der Waals surface area (Å²) in [4.78, 5) is 25.1. The largest absolute Gasteiger partial charge is 0.321 e. The minimum absolute atomic E-state index is 0.218. The highest BCUT2D eigenvalue weighted by molar-refractivity contribution is 6.11. The third kappa shape index (κ3) is 6.19. The number of rotatable bonds is 7. The maximum Gasteiger partial charge on any atom is 0.276 e. The molecule has 2 saturated heterocycles. The van der Waals surface area contributed by atoms with Crippen LogP contribution in [0, 0.1) is 0 Å². The second kappa shape index (κ2) is 11.7. The van der Waals surface area contributed by atoms with Gasteiger partial charge in [0.05, 0.1) is 5.52 Å². The second-order valence-electron chi connectivity index (χ2n) is 11.0. The van der Waals surface area contributed by atoms with Gasteiger partial charge in [-0.3, -0.25) is 24.7 Å². The normalized spacial score (nSPS) is 17.5. The summed E-state index contributed by atoms with van der Waals surface area (Å²) in [6.45, 7) is 8.53. The maximum absolute atomic E-state index is 13.2. The van der Waals surface area contributed by atoms with E-state index in [1.807, 2.05) is 36.7 Å². The summed E-state index contributed by atoms with van der Waals surface area (Å²) in [7, 11) is 2.17. The molecule has 0 bridgehead atoms. The molecule has 202 valence electrons. The van der Waals surface area contributed by atoms with E-state index >= 15 is 0 Å². The molecule has 8 nitrogen and oxygen atoms in total. The number of benzene rings is 2. The summed E-state index contributed by atoms with van der Waals surface area (Å²) >= 11 is 0. The van der Waals surface area contributed by atoms with Crippen molar-refractivity contribution in [2.75, 3.05) is 51.6 Å². The number of hydrogen-bond acceptors (Lipinski definition) is 6. The lowest BCUT2D eigenvalue weighted by atomic mass is 10.0. The zero-order valence-electron chi connectivity index (χ0n) is 22.7. The average molecular weight is 524 g/mol. The number of piperidine rings is 1. The molecule has 0 atom stereocenters. The van der Waals surface area contributed by atoms with Crippen molar-refractivity contribution in [1.82, 2.24) is 29.9 Å². The first kappa shape index (κ1) is 25.7. The van der Waals surface area contributed by atoms with Gasteiger partial charge in [-0.15, -0.1) is 0 Å². The molecule has 0 spiro atoms. The highest BCUT2D eigenvalue weighted by Crippen LogP contribution is 2.27. The number of amides is 1. The van der Waals surface area contributed by atoms with Gasteiger partial charge in [0.25, 0.3) is 5.91 Å². The molecule has 0 aliphatic carbocycles. The molecule has 2 fully saturated rings. The highest BCUT2D eigenvalue weighted by Gasteiger charge is 2.17. The van der Waals surface area contributed by atoms with Crippen molar-refractivity contribution in [3.63, 3.8) is 0 Å². The lowest BCUT2D eigenvalue weighted by Gasteiger charge is -2.32. The van der Waals surface area contributed by atoms with Gasteiger partial charge in [-0.1, -0.05) is 24.6 Å². The summed E-state index contributed by atoms with van der Waals surface area (Å²) in [6.07, 6.45) is 7.75. The summed E-state index contributed by atoms with van der Waals surface area (Å²) in [5.41, 5.74) is 6.54. The molecular formula is C31H37N7O. The third-order valence-corrected chi connectivity index (χ3v) is 7.97. The molecule has 0 saturated carbocycles. The van der Waals surface area contributed by atoms with Crippen LogP contribution in [0.3, 0.4) is 0 Å². The number of likely N-dealkylation sites (tertiary alicyclic amines) is 1. The van der Waals surface area contributed by atoms with Crippen LogP contribution < -0.4 is 5.32 Å². The first-order valence-corrected chi connectivity index (χ1v) is 14.1. The quantitative estimate of drug-likeness (QED) is 0.368. The minimum Gasteiger partial charge on any atom is -0.321 e. The van der Waals surface area contributed by atoms with E-state index in [0.717, 1.165) is 67.0 Å². The van der Waals surface area contributed by atoms with Gasteiger partial charge >= 0.3 is 0 Å². The molecule has 4 aromatic rings. The maximum atomic E-state index is 13.2. The zero-order chi connectivity index (χ0) is 26.6. The van der Waals surface area contributed by atoms with Crippen molar-refractivity contribution >= 4 is 22.5 Å². The Balaban J connectivity index is 1.15. The summed E-state index contributed by atoms with van der Waals surface area (Å²) in [5.74, 6) is -0.218. The van der Waals surface area contributed by atoms with Crippen LogP contribution in [0.2, 0.25) is 0 Å². The molecule has 8 heteroatoms. The van der Waals surface area contributed by atoms with E-state index in [9.17, 15) is 4.79 Å². The number of hydrogen-bond donors (Lipinski definition) is 2. The summed E-state index contributed by atoms with van der Waals surface area (Å²) < 4.78 is 0. The summed E-state index contributed by atoms with van der Waals surface area (Å²) in [5, 5.41) is 11.2. The molecule has 2 aromatic carbocycles. The predicted octanol–water partition coefficient (Wildman–Crippen LogP) is 4.61. The number of fused-ring (bicyclic) bond motifs is 1. The molecule has 6 rings (SSSR count). The van der Waals surface area contributed by atoms with Crippen molar-refractivity contribution in [2.24, 2.45) is 0 Å². The van der Waals surface area contributed by atoms with Crippen molar-refractivity contribution in [3.05, 3.63) is 77.7 Å². The molecule has 2 aliphatic heterocycles. The van der Waals surface area contributed by atoms with Crippen LogP contribution in [0.15, 0.2) is 60.9 Å². The molecule has 2 N–H and O–H groups in total. The van der Waals surface area contributed by atoms with Crippen LogP contribution in [0.5, 0.6) is 0 Å². The van der Waals surface area contributed by atoms with E-state index in [1.54, 1.807) is 0 Å². The average Bonchev–Trinajstić information content (AvgIpc) is 3.40. The van der Waals surface area contributed by atoms with Gasteiger partial charge in [0.1, 0.15) is 0 Å². The number of pyridine rings is 1. The Morgan fingerprint density at radius 3 is 2.36 bits per heavy atom. The molecule has 4 heterocycles. The van der Waals surface area contributed by atoms with Crippen LogP contribution >= 0.6 is 0 Å². The zero-order valence-corrected chi connectivity index (χ0v) is 22.7. The Kier molecular flexibility index (Phi) is 7.67. The molecule has 39 heavy (non-hydrogen) atoms. The first-order valence-electron chi connectivity index (χ1n) is 14.1. The smallest absolute Gasteiger partial charge is 0.276 e. The number of H-pyrrole nitrogens is 1. The van der Waals surface area contributed by atoms with Crippen LogP contribution in [0.1, 0.15) is 40.9 Å². The van der Waals surface area contributed by atoms with Crippen molar-refractivity contribution in [1.29, 1.82) is 0 Å². The molecule has 0 unspecified atom stereocenters. The fourth-order valence-electron chi connectivity index (χ4n) is 5.62. The Hall–Kier alpha value is -3.59. The van der Waals surface area contributed by atoms with Gasteiger partial charge in [-0.25, -0.2) is 0 Å². The number of piperazine rings is 1. The number of anilines is 1. The third-order valence-electron chi connectivity index (χ3n) is 7.97. The number of likely N-dealkylation sites (N-methyl/N-ethyl adjacent to an activating group) is 1. The van der Waals surface area contributed by atoms with E-state index in [1.165, 1.54) is 43.5 Å². The van der Waals surface area contributed by atoms with E-state index in [2.05, 4.69) is 66.5 Å². The summed E-state index contributed by atoms with van der Waals surface area (Å²) in [6, 6.07) is 16.4. The fourth-order valence-corrected chi connectivity index (χ4v) is 5.62. The topological polar surface area (TPSA) is 80.4 Å². The van der Waals surface area contributed by atoms with E-state index in [4.69, 9.17) is 0 Å². The molecule has 2 aromatic heterocycles. The van der Waals surface area contributed by atoms with Crippen LogP contribution in [0.25, 0.3) is 22.0 Å². The molecule has 1 amide bonds. The van der Waals surface area contributed by atoms with Gasteiger partial charge in [-0.05, 0) is 80.0 Å². The molecular weight excluding hydrogens is 486 g/mol. The van der Waals surface area contributed by atoms with E-state index < -0.39 is 0 Å². The predicted molar refractivity (Wildman–Crippen MR) is 156 cm³/mol. The van der Waals surface area contributed by atoms with Crippen molar-refractivity contribution in [3.8, 4) is 11.1 Å². The van der Waals surface area contributed by atoms with Gasteiger partial charge in [-0.2, -0.15) is 5.10 Å². The Morgan fingerprint density at radius 1 is 0.821 bits per heavy atom. The number of nitrogens with one attached hydrogen (secondary N) is 2. The van der Waals surface area contributed by atoms with Crippen molar-refractivity contribution in [2.45, 2.75) is 32.4 Å². The van der Waals surface area contributed by atoms with Crippen LogP contribution in [-0.2, 0) is 13.1 Å². The number of aromatic nitrogens is 3. The highest BCUT2D eigenvalue weighted by atomic mass is 16.1.